The predicted octanol–water partition coefficient (Wildman–Crippen LogP) is 3.47. The van der Waals surface area contributed by atoms with Crippen LogP contribution in [0, 0.1) is 5.92 Å². The second-order valence-corrected chi connectivity index (χ2v) is 7.71. The number of benzene rings is 1. The van der Waals surface area contributed by atoms with E-state index in [0.717, 1.165) is 31.7 Å². The Morgan fingerprint density at radius 2 is 1.83 bits per heavy atom. The molecule has 0 radical (unpaired) electrons. The number of hydrogen-bond donors (Lipinski definition) is 2. The van der Waals surface area contributed by atoms with Gasteiger partial charge in [-0.1, -0.05) is 13.8 Å². The molecule has 2 aromatic rings. The molecule has 1 atom stereocenters. The number of nitrogens with zero attached hydrogens (tertiary/aromatic N) is 2. The number of pyridine rings is 1. The molecule has 1 fully saturated rings. The number of carbonyl (C=O) groups is 2. The van der Waals surface area contributed by atoms with E-state index in [1.807, 2.05) is 26.8 Å². The second kappa shape index (κ2) is 10.1. The highest BCUT2D eigenvalue weighted by Crippen LogP contribution is 2.26. The van der Waals surface area contributed by atoms with E-state index in [4.69, 9.17) is 4.74 Å². The summed E-state index contributed by atoms with van der Waals surface area (Å²) < 4.78 is 5.41. The number of aromatic nitrogens is 1. The molecule has 7 heteroatoms. The number of nitrogens with one attached hydrogen (secondary N) is 2. The molecule has 2 heterocycles. The van der Waals surface area contributed by atoms with E-state index < -0.39 is 6.04 Å². The Labute approximate surface area is 177 Å². The fraction of sp³-hybridized carbons (Fsp3) is 0.435. The highest BCUT2D eigenvalue weighted by Gasteiger charge is 2.26. The Kier molecular flexibility index (Phi) is 7.27. The Hall–Kier alpha value is -3.09. The lowest BCUT2D eigenvalue weighted by atomic mass is 10.0. The maximum Gasteiger partial charge on any atom is 0.251 e. The fourth-order valence-electron chi connectivity index (χ4n) is 3.51. The highest BCUT2D eigenvalue weighted by molar-refractivity contribution is 6.02. The van der Waals surface area contributed by atoms with Gasteiger partial charge in [-0.15, -0.1) is 0 Å². The van der Waals surface area contributed by atoms with Crippen LogP contribution in [0.3, 0.4) is 0 Å². The molecule has 7 nitrogen and oxygen atoms in total. The van der Waals surface area contributed by atoms with Gasteiger partial charge >= 0.3 is 0 Å². The summed E-state index contributed by atoms with van der Waals surface area (Å²) in [5.41, 5.74) is 1.15. The van der Waals surface area contributed by atoms with Crippen LogP contribution in [-0.4, -0.2) is 42.5 Å². The average Bonchev–Trinajstić information content (AvgIpc) is 3.27. The van der Waals surface area contributed by atoms with Crippen LogP contribution < -0.4 is 20.3 Å². The summed E-state index contributed by atoms with van der Waals surface area (Å²) >= 11 is 0. The fourth-order valence-corrected chi connectivity index (χ4v) is 3.51. The van der Waals surface area contributed by atoms with Crippen LogP contribution in [-0.2, 0) is 4.79 Å². The van der Waals surface area contributed by atoms with Crippen LogP contribution in [0.5, 0.6) is 5.75 Å². The molecule has 2 amide bonds. The van der Waals surface area contributed by atoms with Crippen LogP contribution in [0.2, 0.25) is 0 Å². The number of hydrogen-bond acceptors (Lipinski definition) is 5. The van der Waals surface area contributed by atoms with Crippen LogP contribution in [0.4, 0.5) is 11.5 Å². The summed E-state index contributed by atoms with van der Waals surface area (Å²) in [4.78, 5) is 32.4. The van der Waals surface area contributed by atoms with Gasteiger partial charge in [-0.3, -0.25) is 9.59 Å². The first kappa shape index (κ1) is 21.6. The molecule has 1 unspecified atom stereocenters. The van der Waals surface area contributed by atoms with Crippen LogP contribution >= 0.6 is 0 Å². The lowest BCUT2D eigenvalue weighted by Gasteiger charge is -2.24. The first-order chi connectivity index (χ1) is 14.5. The van der Waals surface area contributed by atoms with E-state index in [0.29, 0.717) is 23.6 Å². The molecular weight excluding hydrogens is 380 g/mol. The first-order valence-electron chi connectivity index (χ1n) is 10.5. The molecule has 1 aliphatic rings. The third kappa shape index (κ3) is 5.28. The number of amides is 2. The van der Waals surface area contributed by atoms with Crippen molar-refractivity contribution >= 4 is 23.3 Å². The minimum atomic E-state index is -0.671. The molecule has 0 spiro atoms. The molecule has 1 aliphatic heterocycles. The molecule has 0 aliphatic carbocycles. The van der Waals surface area contributed by atoms with Gasteiger partial charge in [0, 0.05) is 24.8 Å². The largest absolute Gasteiger partial charge is 0.494 e. The van der Waals surface area contributed by atoms with Gasteiger partial charge in [-0.25, -0.2) is 4.98 Å². The van der Waals surface area contributed by atoms with E-state index in [1.54, 1.807) is 36.5 Å². The zero-order valence-electron chi connectivity index (χ0n) is 17.9. The third-order valence-electron chi connectivity index (χ3n) is 5.11. The highest BCUT2D eigenvalue weighted by atomic mass is 16.5. The minimum Gasteiger partial charge on any atom is -0.494 e. The summed E-state index contributed by atoms with van der Waals surface area (Å²) in [6.07, 6.45) is 3.98. The van der Waals surface area contributed by atoms with Gasteiger partial charge in [-0.05, 0) is 62.1 Å². The van der Waals surface area contributed by atoms with Gasteiger partial charge in [0.2, 0.25) is 5.91 Å². The maximum absolute atomic E-state index is 13.0. The monoisotopic (exact) mass is 410 g/mol. The van der Waals surface area contributed by atoms with Crippen molar-refractivity contribution in [2.45, 2.75) is 39.7 Å². The van der Waals surface area contributed by atoms with Crippen LogP contribution in [0.25, 0.3) is 0 Å². The first-order valence-corrected chi connectivity index (χ1v) is 10.5. The molecule has 1 saturated heterocycles. The lowest BCUT2D eigenvalue weighted by Crippen LogP contribution is -2.47. The summed E-state index contributed by atoms with van der Waals surface area (Å²) in [5, 5.41) is 5.84. The van der Waals surface area contributed by atoms with E-state index in [1.165, 1.54) is 0 Å². The summed E-state index contributed by atoms with van der Waals surface area (Å²) in [5.74, 6) is 0.862. The SMILES string of the molecule is CCOc1ccc(C(=O)NC(C(=O)Nc2cccnc2N2CCCC2)C(C)C)cc1. The van der Waals surface area contributed by atoms with Crippen molar-refractivity contribution in [2.75, 3.05) is 29.9 Å². The molecule has 1 aromatic heterocycles. The molecule has 30 heavy (non-hydrogen) atoms. The van der Waals surface area contributed by atoms with Crippen LogP contribution in [0.15, 0.2) is 42.6 Å². The van der Waals surface area contributed by atoms with Crippen molar-refractivity contribution in [3.63, 3.8) is 0 Å². The number of anilines is 2. The molecule has 0 bridgehead atoms. The Morgan fingerprint density at radius 3 is 2.47 bits per heavy atom. The Bertz CT molecular complexity index is 861. The van der Waals surface area contributed by atoms with E-state index >= 15 is 0 Å². The topological polar surface area (TPSA) is 83.6 Å². The van der Waals surface area contributed by atoms with Crippen molar-refractivity contribution in [2.24, 2.45) is 5.92 Å². The van der Waals surface area contributed by atoms with E-state index in [2.05, 4.69) is 20.5 Å². The van der Waals surface area contributed by atoms with Crippen molar-refractivity contribution in [3.8, 4) is 5.75 Å². The Balaban J connectivity index is 1.70. The molecule has 2 N–H and O–H groups in total. The summed E-state index contributed by atoms with van der Waals surface area (Å²) in [6.45, 7) is 8.16. The van der Waals surface area contributed by atoms with Gasteiger partial charge in [0.1, 0.15) is 11.8 Å². The average molecular weight is 411 g/mol. The van der Waals surface area contributed by atoms with Crippen molar-refractivity contribution in [1.29, 1.82) is 0 Å². The number of rotatable bonds is 8. The van der Waals surface area contributed by atoms with Gasteiger partial charge < -0.3 is 20.3 Å². The van der Waals surface area contributed by atoms with E-state index in [-0.39, 0.29) is 17.7 Å². The van der Waals surface area contributed by atoms with Gasteiger partial charge in [-0.2, -0.15) is 0 Å². The quantitative estimate of drug-likeness (QED) is 0.696. The maximum atomic E-state index is 13.0. The zero-order valence-corrected chi connectivity index (χ0v) is 17.9. The van der Waals surface area contributed by atoms with Crippen molar-refractivity contribution < 1.29 is 14.3 Å². The van der Waals surface area contributed by atoms with Crippen molar-refractivity contribution in [3.05, 3.63) is 48.2 Å². The molecule has 3 rings (SSSR count). The van der Waals surface area contributed by atoms with Gasteiger partial charge in [0.25, 0.3) is 5.91 Å². The van der Waals surface area contributed by atoms with Crippen LogP contribution in [0.1, 0.15) is 44.0 Å². The third-order valence-corrected chi connectivity index (χ3v) is 5.11. The molecule has 160 valence electrons. The predicted molar refractivity (Wildman–Crippen MR) is 118 cm³/mol. The second-order valence-electron chi connectivity index (χ2n) is 7.71. The summed E-state index contributed by atoms with van der Waals surface area (Å²) in [7, 11) is 0. The number of ether oxygens (including phenoxy) is 1. The normalized spacial score (nSPS) is 14.5. The standard InChI is InChI=1S/C23H30N4O3/c1-4-30-18-11-9-17(10-12-18)22(28)26-20(16(2)3)23(29)25-19-8-7-13-24-21(19)27-14-5-6-15-27/h7-13,16,20H,4-6,14-15H2,1-3H3,(H,25,29)(H,26,28). The van der Waals surface area contributed by atoms with E-state index in [9.17, 15) is 9.59 Å². The molecule has 0 saturated carbocycles. The number of carbonyl (C=O) groups excluding carboxylic acids is 2. The van der Waals surface area contributed by atoms with Gasteiger partial charge in [0.15, 0.2) is 5.82 Å². The summed E-state index contributed by atoms with van der Waals surface area (Å²) in [6, 6.07) is 9.88. The Morgan fingerprint density at radius 1 is 1.13 bits per heavy atom. The zero-order chi connectivity index (χ0) is 21.5. The molecule has 1 aromatic carbocycles. The van der Waals surface area contributed by atoms with Crippen molar-refractivity contribution in [1.82, 2.24) is 10.3 Å². The van der Waals surface area contributed by atoms with Gasteiger partial charge in [0.05, 0.1) is 12.3 Å². The smallest absolute Gasteiger partial charge is 0.251 e. The minimum absolute atomic E-state index is 0.0800. The lowest BCUT2D eigenvalue weighted by molar-refractivity contribution is -0.118. The molecular formula is C23H30N4O3.